The van der Waals surface area contributed by atoms with Crippen LogP contribution in [0, 0.1) is 5.92 Å². The summed E-state index contributed by atoms with van der Waals surface area (Å²) < 4.78 is 15.5. The Bertz CT molecular complexity index is 549. The van der Waals surface area contributed by atoms with Crippen molar-refractivity contribution < 1.29 is 9.00 Å². The van der Waals surface area contributed by atoms with Crippen molar-refractivity contribution in [1.82, 2.24) is 4.98 Å². The lowest BCUT2D eigenvalue weighted by atomic mass is 10.0. The van der Waals surface area contributed by atoms with Crippen molar-refractivity contribution in [2.45, 2.75) is 30.6 Å². The van der Waals surface area contributed by atoms with E-state index in [1.165, 1.54) is 5.38 Å². The van der Waals surface area contributed by atoms with E-state index < -0.39 is 21.9 Å². The number of halogens is 1. The number of carbonyl (C=O) groups is 1. The highest BCUT2D eigenvalue weighted by molar-refractivity contribution is 7.93. The fraction of sp³-hybridized carbons (Fsp3) is 0.556. The minimum atomic E-state index is -3.35. The number of aromatic nitrogens is 1. The van der Waals surface area contributed by atoms with Gasteiger partial charge in [-0.2, -0.15) is 0 Å². The van der Waals surface area contributed by atoms with Crippen LogP contribution in [-0.2, 0) is 14.7 Å². The molecule has 1 aromatic rings. The Morgan fingerprint density at radius 3 is 2.72 bits per heavy atom. The second-order valence-corrected chi connectivity index (χ2v) is 7.38. The molecule has 0 saturated carbocycles. The third kappa shape index (κ3) is 4.29. The number of hydrogen-bond donors (Lipinski definition) is 2. The normalized spacial score (nSPS) is 16.3. The molecule has 2 atom stereocenters. The monoisotopic (exact) mass is 310 g/mol. The fourth-order valence-corrected chi connectivity index (χ4v) is 3.46. The maximum absolute atomic E-state index is 12.0. The molecule has 1 aromatic heterocycles. The number of nitrogens with two attached hydrogens (primary N) is 2. The highest BCUT2D eigenvalue weighted by atomic mass is 35.5. The van der Waals surface area contributed by atoms with Gasteiger partial charge in [0.1, 0.15) is 5.15 Å². The van der Waals surface area contributed by atoms with E-state index in [0.717, 1.165) is 11.3 Å². The number of amides is 1. The van der Waals surface area contributed by atoms with Crippen molar-refractivity contribution in [3.8, 4) is 0 Å². The summed E-state index contributed by atoms with van der Waals surface area (Å²) in [6.07, 6.45) is 0.455. The molecule has 0 aromatic carbocycles. The van der Waals surface area contributed by atoms with Crippen LogP contribution in [0.1, 0.15) is 20.3 Å². The van der Waals surface area contributed by atoms with Crippen LogP contribution in [0.4, 0.5) is 0 Å². The first kappa shape index (κ1) is 15.5. The Morgan fingerprint density at radius 2 is 2.28 bits per heavy atom. The second-order valence-electron chi connectivity index (χ2n) is 4.17. The van der Waals surface area contributed by atoms with Crippen LogP contribution in [0.5, 0.6) is 0 Å². The minimum Gasteiger partial charge on any atom is -0.320 e. The first-order chi connectivity index (χ1) is 8.22. The molecule has 4 N–H and O–H groups in total. The van der Waals surface area contributed by atoms with Crippen LogP contribution < -0.4 is 10.9 Å². The van der Waals surface area contributed by atoms with Crippen molar-refractivity contribution >= 4 is 38.8 Å². The van der Waals surface area contributed by atoms with Gasteiger partial charge in [0.25, 0.3) is 5.91 Å². The molecule has 0 aliphatic rings. The van der Waals surface area contributed by atoms with Crippen LogP contribution >= 0.6 is 22.9 Å². The SMILES string of the molecule is CC(C)C[C@H](N)C(=O)N=S(N)(=O)c1nc(Cl)cs1. The molecule has 18 heavy (non-hydrogen) atoms. The van der Waals surface area contributed by atoms with Crippen molar-refractivity contribution in [1.29, 1.82) is 0 Å². The van der Waals surface area contributed by atoms with Gasteiger partial charge in [0, 0.05) is 5.38 Å². The van der Waals surface area contributed by atoms with Crippen LogP contribution in [0.3, 0.4) is 0 Å². The zero-order chi connectivity index (χ0) is 13.9. The summed E-state index contributed by atoms with van der Waals surface area (Å²) in [6, 6.07) is -0.801. The predicted molar refractivity (Wildman–Crippen MR) is 72.6 cm³/mol. The average molecular weight is 311 g/mol. The maximum atomic E-state index is 12.0. The van der Waals surface area contributed by atoms with Gasteiger partial charge in [-0.25, -0.2) is 14.3 Å². The van der Waals surface area contributed by atoms with E-state index in [-0.39, 0.29) is 15.4 Å². The summed E-state index contributed by atoms with van der Waals surface area (Å²) in [5.74, 6) is -0.440. The van der Waals surface area contributed by atoms with Gasteiger partial charge in [0.15, 0.2) is 9.92 Å². The third-order valence-corrected chi connectivity index (χ3v) is 4.98. The quantitative estimate of drug-likeness (QED) is 0.875. The molecule has 1 rings (SSSR count). The predicted octanol–water partition coefficient (Wildman–Crippen LogP) is 1.40. The molecule has 0 radical (unpaired) electrons. The molecule has 0 spiro atoms. The minimum absolute atomic E-state index is 0.0256. The Hall–Kier alpha value is -0.540. The fourth-order valence-electron chi connectivity index (χ4n) is 1.22. The lowest BCUT2D eigenvalue weighted by Crippen LogP contribution is -2.32. The molecule has 0 fully saturated rings. The summed E-state index contributed by atoms with van der Waals surface area (Å²) in [5, 5.41) is 7.13. The lowest BCUT2D eigenvalue weighted by molar-refractivity contribution is -0.119. The zero-order valence-electron chi connectivity index (χ0n) is 10.00. The van der Waals surface area contributed by atoms with Gasteiger partial charge in [-0.3, -0.25) is 4.79 Å². The third-order valence-electron chi connectivity index (χ3n) is 1.97. The Labute approximate surface area is 115 Å². The van der Waals surface area contributed by atoms with Crippen molar-refractivity contribution in [3.63, 3.8) is 0 Å². The Balaban J connectivity index is 2.94. The Morgan fingerprint density at radius 1 is 1.67 bits per heavy atom. The first-order valence-electron chi connectivity index (χ1n) is 5.17. The smallest absolute Gasteiger partial charge is 0.272 e. The number of carbonyl (C=O) groups excluding carboxylic acids is 1. The van der Waals surface area contributed by atoms with Crippen molar-refractivity contribution in [2.24, 2.45) is 21.2 Å². The van der Waals surface area contributed by atoms with Gasteiger partial charge in [-0.1, -0.05) is 25.4 Å². The van der Waals surface area contributed by atoms with Crippen LogP contribution in [0.25, 0.3) is 0 Å². The van der Waals surface area contributed by atoms with Gasteiger partial charge >= 0.3 is 0 Å². The molecule has 1 heterocycles. The highest BCUT2D eigenvalue weighted by Crippen LogP contribution is 2.19. The molecular weight excluding hydrogens is 296 g/mol. The molecule has 1 amide bonds. The second kappa shape index (κ2) is 6.07. The zero-order valence-corrected chi connectivity index (χ0v) is 12.4. The standard InChI is InChI=1S/C9H15ClN4O2S2/c1-5(2)3-6(11)8(15)14-18(12,16)9-13-7(10)4-17-9/h4-6H,3,11H2,1-2H3,(H2,12,14,15,16)/t6-,18?/m0/s1. The summed E-state index contributed by atoms with van der Waals surface area (Å²) in [7, 11) is -3.35. The van der Waals surface area contributed by atoms with E-state index in [0.29, 0.717) is 6.42 Å². The van der Waals surface area contributed by atoms with Gasteiger partial charge in [0.05, 0.1) is 6.04 Å². The summed E-state index contributed by atoms with van der Waals surface area (Å²) >= 11 is 6.60. The number of hydrogen-bond acceptors (Lipinski definition) is 5. The largest absolute Gasteiger partial charge is 0.320 e. The van der Waals surface area contributed by atoms with Crippen LogP contribution in [0.2, 0.25) is 5.15 Å². The van der Waals surface area contributed by atoms with E-state index in [1.54, 1.807) is 0 Å². The van der Waals surface area contributed by atoms with E-state index in [1.807, 2.05) is 13.8 Å². The maximum Gasteiger partial charge on any atom is 0.272 e. The molecule has 0 aliphatic carbocycles. The van der Waals surface area contributed by atoms with E-state index in [9.17, 15) is 9.00 Å². The van der Waals surface area contributed by atoms with E-state index >= 15 is 0 Å². The number of rotatable bonds is 4. The molecule has 0 saturated heterocycles. The van der Waals surface area contributed by atoms with Crippen molar-refractivity contribution in [3.05, 3.63) is 10.5 Å². The first-order valence-corrected chi connectivity index (χ1v) is 8.01. The van der Waals surface area contributed by atoms with E-state index in [4.69, 9.17) is 22.5 Å². The van der Waals surface area contributed by atoms with Gasteiger partial charge < -0.3 is 5.73 Å². The molecule has 6 nitrogen and oxygen atoms in total. The van der Waals surface area contributed by atoms with Crippen molar-refractivity contribution in [2.75, 3.05) is 0 Å². The molecule has 102 valence electrons. The van der Waals surface area contributed by atoms with Gasteiger partial charge in [0.2, 0.25) is 4.34 Å². The van der Waals surface area contributed by atoms with Gasteiger partial charge in [-0.15, -0.1) is 15.7 Å². The highest BCUT2D eigenvalue weighted by Gasteiger charge is 2.19. The topological polar surface area (TPSA) is 111 Å². The average Bonchev–Trinajstić information content (AvgIpc) is 2.63. The summed E-state index contributed by atoms with van der Waals surface area (Å²) in [5.41, 5.74) is 5.64. The van der Waals surface area contributed by atoms with Crippen LogP contribution in [-0.4, -0.2) is 21.1 Å². The molecule has 9 heteroatoms. The molecule has 0 aliphatic heterocycles. The van der Waals surface area contributed by atoms with E-state index in [2.05, 4.69) is 9.35 Å². The summed E-state index contributed by atoms with van der Waals surface area (Å²) in [6.45, 7) is 3.85. The summed E-state index contributed by atoms with van der Waals surface area (Å²) in [4.78, 5) is 15.4. The lowest BCUT2D eigenvalue weighted by Gasteiger charge is -2.10. The number of thiazole rings is 1. The number of nitrogens with zero attached hydrogens (tertiary/aromatic N) is 2. The van der Waals surface area contributed by atoms with Gasteiger partial charge in [-0.05, 0) is 12.3 Å². The Kier molecular flexibility index (Phi) is 5.23. The molecule has 0 bridgehead atoms. The molecule has 1 unspecified atom stereocenters. The van der Waals surface area contributed by atoms with Crippen LogP contribution in [0.15, 0.2) is 14.1 Å². The molecular formula is C9H15ClN4O2S2.